The number of carboxylic acid groups (broad SMARTS) is 1. The second-order valence-electron chi connectivity index (χ2n) is 4.23. The number of aromatic nitrogens is 1. The molecule has 2 heterocycles. The first-order valence-corrected chi connectivity index (χ1v) is 6.13. The molecule has 1 N–H and O–H groups in total. The van der Waals surface area contributed by atoms with Gasteiger partial charge >= 0.3 is 5.97 Å². The molecule has 4 heteroatoms. The molecule has 3 rings (SSSR count). The topological polar surface area (TPSA) is 41.7 Å². The van der Waals surface area contributed by atoms with Crippen molar-refractivity contribution in [3.63, 3.8) is 0 Å². The van der Waals surface area contributed by atoms with Crippen LogP contribution in [0.4, 0.5) is 0 Å². The van der Waals surface area contributed by atoms with Crippen LogP contribution in [-0.4, -0.2) is 15.5 Å². The van der Waals surface area contributed by atoms with Gasteiger partial charge in [0.25, 0.3) is 0 Å². The van der Waals surface area contributed by atoms with E-state index < -0.39 is 5.97 Å². The summed E-state index contributed by atoms with van der Waals surface area (Å²) in [5, 5.41) is 10.0. The van der Waals surface area contributed by atoms with E-state index in [2.05, 4.69) is 0 Å². The smallest absolute Gasteiger partial charge is 0.338 e. The Kier molecular flexibility index (Phi) is 2.76. The Bertz CT molecular complexity index is 777. The summed E-state index contributed by atoms with van der Waals surface area (Å²) >= 11 is 5.97. The Hall–Kier alpha value is -2.26. The molecule has 0 aliphatic heterocycles. The molecule has 94 valence electrons. The van der Waals surface area contributed by atoms with E-state index in [0.717, 1.165) is 5.56 Å². The molecule has 0 bridgehead atoms. The fraction of sp³-hybridized carbons (Fsp3) is 0. The van der Waals surface area contributed by atoms with Crippen molar-refractivity contribution < 1.29 is 9.90 Å². The molecule has 0 atom stereocenters. The molecule has 2 aromatic heterocycles. The number of carboxylic acids is 1. The fourth-order valence-corrected chi connectivity index (χ4v) is 2.41. The molecular formula is C15H10ClNO2. The van der Waals surface area contributed by atoms with Gasteiger partial charge in [-0.25, -0.2) is 4.79 Å². The van der Waals surface area contributed by atoms with Gasteiger partial charge in [-0.05, 0) is 29.8 Å². The molecule has 0 unspecified atom stereocenters. The zero-order valence-electron chi connectivity index (χ0n) is 9.88. The van der Waals surface area contributed by atoms with Crippen molar-refractivity contribution in [2.45, 2.75) is 0 Å². The molecule has 0 fully saturated rings. The number of fused-ring (bicyclic) bond motifs is 1. The van der Waals surface area contributed by atoms with Gasteiger partial charge in [-0.1, -0.05) is 29.8 Å². The quantitative estimate of drug-likeness (QED) is 0.766. The van der Waals surface area contributed by atoms with Gasteiger partial charge in [-0.15, -0.1) is 0 Å². The molecule has 0 aliphatic rings. The van der Waals surface area contributed by atoms with Gasteiger partial charge in [0.2, 0.25) is 0 Å². The van der Waals surface area contributed by atoms with Gasteiger partial charge in [0.05, 0.1) is 11.1 Å². The van der Waals surface area contributed by atoms with Crippen LogP contribution in [0.15, 0.2) is 54.9 Å². The standard InChI is InChI=1S/C15H10ClNO2/c16-11-5-3-4-10(8-11)12-9-17-7-2-1-6-13(17)14(12)15(18)19/h1-9H,(H,18,19). The van der Waals surface area contributed by atoms with Crippen LogP contribution in [0.5, 0.6) is 0 Å². The fourth-order valence-electron chi connectivity index (χ4n) is 2.22. The van der Waals surface area contributed by atoms with Crippen LogP contribution in [0.3, 0.4) is 0 Å². The summed E-state index contributed by atoms with van der Waals surface area (Å²) in [4.78, 5) is 11.5. The number of carbonyl (C=O) groups is 1. The van der Waals surface area contributed by atoms with Crippen LogP contribution in [0.25, 0.3) is 16.6 Å². The van der Waals surface area contributed by atoms with E-state index in [1.54, 1.807) is 22.6 Å². The first-order chi connectivity index (χ1) is 9.16. The minimum atomic E-state index is -0.941. The van der Waals surface area contributed by atoms with Gasteiger partial charge in [0.1, 0.15) is 0 Å². The number of halogens is 1. The van der Waals surface area contributed by atoms with Crippen LogP contribution in [-0.2, 0) is 0 Å². The molecule has 1 aromatic carbocycles. The highest BCUT2D eigenvalue weighted by molar-refractivity contribution is 6.30. The van der Waals surface area contributed by atoms with E-state index in [1.165, 1.54) is 0 Å². The summed E-state index contributed by atoms with van der Waals surface area (Å²) < 4.78 is 1.81. The third-order valence-corrected chi connectivity index (χ3v) is 3.27. The second kappa shape index (κ2) is 4.44. The summed E-state index contributed by atoms with van der Waals surface area (Å²) in [6.07, 6.45) is 3.64. The Morgan fingerprint density at radius 2 is 2.00 bits per heavy atom. The van der Waals surface area contributed by atoms with E-state index in [9.17, 15) is 9.90 Å². The van der Waals surface area contributed by atoms with Crippen molar-refractivity contribution in [2.24, 2.45) is 0 Å². The second-order valence-corrected chi connectivity index (χ2v) is 4.66. The number of rotatable bonds is 2. The first kappa shape index (κ1) is 11.8. The molecule has 19 heavy (non-hydrogen) atoms. The van der Waals surface area contributed by atoms with Crippen LogP contribution >= 0.6 is 11.6 Å². The van der Waals surface area contributed by atoms with Crippen LogP contribution in [0.2, 0.25) is 5.02 Å². The number of hydrogen-bond donors (Lipinski definition) is 1. The average molecular weight is 272 g/mol. The van der Waals surface area contributed by atoms with E-state index in [0.29, 0.717) is 21.7 Å². The number of nitrogens with zero attached hydrogens (tertiary/aromatic N) is 1. The summed E-state index contributed by atoms with van der Waals surface area (Å²) in [6, 6.07) is 12.7. The minimum absolute atomic E-state index is 0.294. The van der Waals surface area contributed by atoms with Gasteiger partial charge in [-0.3, -0.25) is 0 Å². The Morgan fingerprint density at radius 1 is 1.16 bits per heavy atom. The number of aromatic carboxylic acids is 1. The van der Waals surface area contributed by atoms with Gasteiger partial charge in [0, 0.05) is 23.0 Å². The van der Waals surface area contributed by atoms with Crippen molar-refractivity contribution in [1.82, 2.24) is 4.40 Å². The maximum atomic E-state index is 11.5. The lowest BCUT2D eigenvalue weighted by atomic mass is 10.0. The monoisotopic (exact) mass is 271 g/mol. The normalized spacial score (nSPS) is 10.8. The zero-order chi connectivity index (χ0) is 13.4. The lowest BCUT2D eigenvalue weighted by Gasteiger charge is -2.01. The average Bonchev–Trinajstić information content (AvgIpc) is 2.78. The van der Waals surface area contributed by atoms with Gasteiger partial charge < -0.3 is 9.51 Å². The maximum absolute atomic E-state index is 11.5. The van der Waals surface area contributed by atoms with Crippen molar-refractivity contribution in [1.29, 1.82) is 0 Å². The molecule has 3 aromatic rings. The first-order valence-electron chi connectivity index (χ1n) is 5.76. The Balaban J connectivity index is 2.34. The summed E-state index contributed by atoms with van der Waals surface area (Å²) in [5.74, 6) is -0.941. The lowest BCUT2D eigenvalue weighted by molar-refractivity contribution is 0.0700. The summed E-state index contributed by atoms with van der Waals surface area (Å²) in [7, 11) is 0. The number of pyridine rings is 1. The highest BCUT2D eigenvalue weighted by Gasteiger charge is 2.18. The maximum Gasteiger partial charge on any atom is 0.338 e. The predicted octanol–water partition coefficient (Wildman–Crippen LogP) is 3.96. The number of benzene rings is 1. The summed E-state index contributed by atoms with van der Waals surface area (Å²) in [5.41, 5.74) is 2.43. The third-order valence-electron chi connectivity index (χ3n) is 3.03. The predicted molar refractivity (Wildman–Crippen MR) is 74.8 cm³/mol. The van der Waals surface area contributed by atoms with E-state index in [1.807, 2.05) is 36.7 Å². The zero-order valence-corrected chi connectivity index (χ0v) is 10.6. The van der Waals surface area contributed by atoms with Crippen molar-refractivity contribution >= 4 is 23.1 Å². The van der Waals surface area contributed by atoms with Crippen LogP contribution < -0.4 is 0 Å². The lowest BCUT2D eigenvalue weighted by Crippen LogP contribution is -1.97. The molecule has 0 amide bonds. The Morgan fingerprint density at radius 3 is 2.74 bits per heavy atom. The molecule has 0 radical (unpaired) electrons. The van der Waals surface area contributed by atoms with Crippen molar-refractivity contribution in [3.05, 3.63) is 65.4 Å². The van der Waals surface area contributed by atoms with E-state index in [-0.39, 0.29) is 0 Å². The minimum Gasteiger partial charge on any atom is -0.478 e. The highest BCUT2D eigenvalue weighted by atomic mass is 35.5. The largest absolute Gasteiger partial charge is 0.478 e. The summed E-state index contributed by atoms with van der Waals surface area (Å²) in [6.45, 7) is 0. The number of hydrogen-bond acceptors (Lipinski definition) is 1. The van der Waals surface area contributed by atoms with E-state index in [4.69, 9.17) is 11.6 Å². The molecule has 0 aliphatic carbocycles. The van der Waals surface area contributed by atoms with Gasteiger partial charge in [0.15, 0.2) is 0 Å². The molecular weight excluding hydrogens is 262 g/mol. The molecule has 0 spiro atoms. The van der Waals surface area contributed by atoms with Crippen LogP contribution in [0.1, 0.15) is 10.4 Å². The van der Waals surface area contributed by atoms with Crippen molar-refractivity contribution in [2.75, 3.05) is 0 Å². The third kappa shape index (κ3) is 1.98. The SMILES string of the molecule is O=C(O)c1c(-c2cccc(Cl)c2)cn2ccccc12. The van der Waals surface area contributed by atoms with E-state index >= 15 is 0 Å². The molecule has 0 saturated carbocycles. The highest BCUT2D eigenvalue weighted by Crippen LogP contribution is 2.30. The van der Waals surface area contributed by atoms with Crippen molar-refractivity contribution in [3.8, 4) is 11.1 Å². The van der Waals surface area contributed by atoms with Crippen LogP contribution in [0, 0.1) is 0 Å². The molecule has 3 nitrogen and oxygen atoms in total. The molecule has 0 saturated heterocycles. The Labute approximate surface area is 114 Å². The van der Waals surface area contributed by atoms with Gasteiger partial charge in [-0.2, -0.15) is 0 Å².